The largest absolute Gasteiger partial charge is 0.506 e. The van der Waals surface area contributed by atoms with Gasteiger partial charge in [0.25, 0.3) is 0 Å². The number of nitrogen functional groups attached to an aromatic ring is 1. The third-order valence-electron chi connectivity index (χ3n) is 1.75. The van der Waals surface area contributed by atoms with Crippen molar-refractivity contribution in [3.05, 3.63) is 23.8 Å². The number of benzene rings is 1. The van der Waals surface area contributed by atoms with Gasteiger partial charge in [0.2, 0.25) is 0 Å². The first-order chi connectivity index (χ1) is 6.66. The first-order valence-corrected chi connectivity index (χ1v) is 3.70. The number of hydrogen-bond donors (Lipinski definition) is 2. The second-order valence-corrected chi connectivity index (χ2v) is 2.85. The van der Waals surface area contributed by atoms with Crippen LogP contribution in [0.5, 0.6) is 5.75 Å². The highest BCUT2D eigenvalue weighted by molar-refractivity contribution is 5.54. The van der Waals surface area contributed by atoms with Crippen molar-refractivity contribution in [1.82, 2.24) is 0 Å². The van der Waals surface area contributed by atoms with Crippen LogP contribution in [-0.4, -0.2) is 11.3 Å². The number of phenols is 1. The molecule has 0 aromatic heterocycles. The maximum Gasteiger partial charge on any atom is 0.458 e. The minimum absolute atomic E-state index is 0.392. The average molecular weight is 227 g/mol. The van der Waals surface area contributed by atoms with Crippen LogP contribution in [0, 0.1) is 0 Å². The molecule has 0 saturated carbocycles. The second-order valence-electron chi connectivity index (χ2n) is 2.85. The molecule has 1 rings (SSSR count). The molecule has 0 amide bonds. The minimum atomic E-state index is -5.68. The van der Waals surface area contributed by atoms with Crippen LogP contribution in [0.25, 0.3) is 0 Å². The summed E-state index contributed by atoms with van der Waals surface area (Å²) in [6.07, 6.45) is -5.68. The lowest BCUT2D eigenvalue weighted by Crippen LogP contribution is -2.33. The number of alkyl halides is 5. The van der Waals surface area contributed by atoms with E-state index < -0.39 is 29.1 Å². The van der Waals surface area contributed by atoms with Gasteiger partial charge < -0.3 is 10.8 Å². The molecule has 15 heavy (non-hydrogen) atoms. The van der Waals surface area contributed by atoms with E-state index in [4.69, 9.17) is 10.8 Å². The van der Waals surface area contributed by atoms with E-state index in [0.717, 1.165) is 0 Å². The molecule has 3 N–H and O–H groups in total. The van der Waals surface area contributed by atoms with Crippen LogP contribution in [0.2, 0.25) is 0 Å². The lowest BCUT2D eigenvalue weighted by molar-refractivity contribution is -0.289. The Labute approximate surface area is 81.1 Å². The number of aromatic hydroxyl groups is 1. The highest BCUT2D eigenvalue weighted by Crippen LogP contribution is 2.44. The Morgan fingerprint density at radius 3 is 2.00 bits per heavy atom. The molecule has 0 aliphatic heterocycles. The quantitative estimate of drug-likeness (QED) is 0.440. The van der Waals surface area contributed by atoms with Gasteiger partial charge in [-0.15, -0.1) is 0 Å². The summed E-state index contributed by atoms with van der Waals surface area (Å²) in [4.78, 5) is 0. The Morgan fingerprint density at radius 2 is 1.60 bits per heavy atom. The zero-order chi connectivity index (χ0) is 11.9. The molecular formula is C8H6F5NO. The predicted octanol–water partition coefficient (Wildman–Crippen LogP) is 2.63. The molecule has 2 nitrogen and oxygen atoms in total. The summed E-state index contributed by atoms with van der Waals surface area (Å²) in [6, 6.07) is 1.55. The molecule has 84 valence electrons. The summed E-state index contributed by atoms with van der Waals surface area (Å²) in [6.45, 7) is 0. The van der Waals surface area contributed by atoms with Crippen molar-refractivity contribution in [2.45, 2.75) is 12.1 Å². The van der Waals surface area contributed by atoms with Crippen LogP contribution < -0.4 is 5.73 Å². The van der Waals surface area contributed by atoms with Gasteiger partial charge in [-0.1, -0.05) is 0 Å². The maximum absolute atomic E-state index is 12.7. The molecule has 0 aliphatic rings. The number of halogens is 5. The van der Waals surface area contributed by atoms with Gasteiger partial charge in [-0.3, -0.25) is 0 Å². The highest BCUT2D eigenvalue weighted by atomic mass is 19.4. The standard InChI is InChI=1S/C8H6F5NO/c9-7(10,8(11,12)13)4-1-2-6(15)5(14)3-4/h1-3,15H,14H2. The van der Waals surface area contributed by atoms with E-state index in [-0.39, 0.29) is 0 Å². The first kappa shape index (κ1) is 11.5. The molecule has 0 spiro atoms. The van der Waals surface area contributed by atoms with E-state index in [1.165, 1.54) is 0 Å². The molecule has 0 saturated heterocycles. The number of phenolic OH excluding ortho intramolecular Hbond substituents is 1. The van der Waals surface area contributed by atoms with Gasteiger partial charge >= 0.3 is 12.1 Å². The van der Waals surface area contributed by atoms with E-state index in [9.17, 15) is 22.0 Å². The monoisotopic (exact) mass is 227 g/mol. The van der Waals surface area contributed by atoms with Crippen molar-refractivity contribution in [1.29, 1.82) is 0 Å². The van der Waals surface area contributed by atoms with Gasteiger partial charge in [-0.2, -0.15) is 22.0 Å². The zero-order valence-electron chi connectivity index (χ0n) is 7.15. The third-order valence-corrected chi connectivity index (χ3v) is 1.75. The van der Waals surface area contributed by atoms with Gasteiger partial charge in [-0.25, -0.2) is 0 Å². The van der Waals surface area contributed by atoms with Crippen molar-refractivity contribution in [2.75, 3.05) is 5.73 Å². The Morgan fingerprint density at radius 1 is 1.07 bits per heavy atom. The van der Waals surface area contributed by atoms with Crippen LogP contribution in [0.4, 0.5) is 27.6 Å². The van der Waals surface area contributed by atoms with Crippen molar-refractivity contribution in [2.24, 2.45) is 0 Å². The molecular weight excluding hydrogens is 221 g/mol. The molecule has 1 aromatic rings. The summed E-state index contributed by atoms with van der Waals surface area (Å²) in [5.41, 5.74) is 3.18. The lowest BCUT2D eigenvalue weighted by Gasteiger charge is -2.20. The van der Waals surface area contributed by atoms with Crippen LogP contribution >= 0.6 is 0 Å². The highest BCUT2D eigenvalue weighted by Gasteiger charge is 2.58. The molecule has 0 radical (unpaired) electrons. The SMILES string of the molecule is Nc1cc(C(F)(F)C(F)(F)F)ccc1O. The molecule has 0 heterocycles. The van der Waals surface area contributed by atoms with E-state index in [0.29, 0.717) is 18.2 Å². The molecule has 0 bridgehead atoms. The number of nitrogens with two attached hydrogens (primary N) is 1. The van der Waals surface area contributed by atoms with Crippen LogP contribution in [0.3, 0.4) is 0 Å². The minimum Gasteiger partial charge on any atom is -0.506 e. The molecule has 0 unspecified atom stereocenters. The van der Waals surface area contributed by atoms with Crippen molar-refractivity contribution in [3.8, 4) is 5.75 Å². The summed E-state index contributed by atoms with van der Waals surface area (Å²) in [5, 5.41) is 8.86. The fourth-order valence-corrected chi connectivity index (χ4v) is 0.913. The van der Waals surface area contributed by atoms with E-state index >= 15 is 0 Å². The average Bonchev–Trinajstić information content (AvgIpc) is 2.07. The van der Waals surface area contributed by atoms with Crippen LogP contribution in [0.15, 0.2) is 18.2 Å². The Hall–Kier alpha value is -1.53. The summed E-state index contributed by atoms with van der Waals surface area (Å²) in [7, 11) is 0. The Bertz CT molecular complexity index is 374. The Kier molecular flexibility index (Phi) is 2.50. The van der Waals surface area contributed by atoms with Gasteiger partial charge in [0.15, 0.2) is 0 Å². The maximum atomic E-state index is 12.7. The second kappa shape index (κ2) is 3.25. The van der Waals surface area contributed by atoms with Crippen molar-refractivity contribution < 1.29 is 27.1 Å². The zero-order valence-corrected chi connectivity index (χ0v) is 7.15. The topological polar surface area (TPSA) is 46.2 Å². The fraction of sp³-hybridized carbons (Fsp3) is 0.250. The number of rotatable bonds is 1. The fourth-order valence-electron chi connectivity index (χ4n) is 0.913. The molecule has 0 aliphatic carbocycles. The van der Waals surface area contributed by atoms with Gasteiger partial charge in [0.1, 0.15) is 5.75 Å². The summed E-state index contributed by atoms with van der Waals surface area (Å²) >= 11 is 0. The van der Waals surface area contributed by atoms with E-state index in [1.54, 1.807) is 0 Å². The normalized spacial score (nSPS) is 12.9. The summed E-state index contributed by atoms with van der Waals surface area (Å²) in [5.74, 6) is -5.52. The van der Waals surface area contributed by atoms with Crippen molar-refractivity contribution >= 4 is 5.69 Å². The smallest absolute Gasteiger partial charge is 0.458 e. The van der Waals surface area contributed by atoms with Crippen molar-refractivity contribution in [3.63, 3.8) is 0 Å². The first-order valence-electron chi connectivity index (χ1n) is 3.70. The predicted molar refractivity (Wildman–Crippen MR) is 42.5 cm³/mol. The van der Waals surface area contributed by atoms with Gasteiger partial charge in [0.05, 0.1) is 5.69 Å². The molecule has 1 aromatic carbocycles. The molecule has 0 atom stereocenters. The van der Waals surface area contributed by atoms with E-state index in [1.807, 2.05) is 0 Å². The van der Waals surface area contributed by atoms with E-state index in [2.05, 4.69) is 0 Å². The number of anilines is 1. The van der Waals surface area contributed by atoms with Gasteiger partial charge in [0, 0.05) is 5.56 Å². The molecule has 0 fully saturated rings. The lowest BCUT2D eigenvalue weighted by atomic mass is 10.1. The van der Waals surface area contributed by atoms with Crippen LogP contribution in [-0.2, 0) is 5.92 Å². The third kappa shape index (κ3) is 1.95. The Balaban J connectivity index is 3.22. The summed E-state index contributed by atoms with van der Waals surface area (Å²) < 4.78 is 61.1. The van der Waals surface area contributed by atoms with Crippen LogP contribution in [0.1, 0.15) is 5.56 Å². The number of hydrogen-bond acceptors (Lipinski definition) is 2. The molecule has 7 heteroatoms. The van der Waals surface area contributed by atoms with Gasteiger partial charge in [-0.05, 0) is 18.2 Å².